The molecular formula is C14H16O3. The van der Waals surface area contributed by atoms with Crippen LogP contribution in [0.1, 0.15) is 18.1 Å². The zero-order valence-corrected chi connectivity index (χ0v) is 9.85. The predicted octanol–water partition coefficient (Wildman–Crippen LogP) is 2.92. The van der Waals surface area contributed by atoms with Crippen LogP contribution >= 0.6 is 0 Å². The molecule has 1 N–H and O–H groups in total. The zero-order chi connectivity index (χ0) is 12.7. The van der Waals surface area contributed by atoms with Gasteiger partial charge in [-0.25, -0.2) is 4.79 Å². The summed E-state index contributed by atoms with van der Waals surface area (Å²) in [6.07, 6.45) is 3.69. The smallest absolute Gasteiger partial charge is 0.330 e. The lowest BCUT2D eigenvalue weighted by molar-refractivity contribution is -0.132. The summed E-state index contributed by atoms with van der Waals surface area (Å²) < 4.78 is 5.14. The second kappa shape index (κ2) is 6.53. The van der Waals surface area contributed by atoms with Crippen molar-refractivity contribution in [1.29, 1.82) is 0 Å². The molecule has 0 atom stereocenters. The van der Waals surface area contributed by atoms with E-state index in [0.29, 0.717) is 18.6 Å². The second-order valence-corrected chi connectivity index (χ2v) is 3.64. The fourth-order valence-electron chi connectivity index (χ4n) is 1.40. The summed E-state index contributed by atoms with van der Waals surface area (Å²) in [4.78, 5) is 10.7. The van der Waals surface area contributed by atoms with Crippen LogP contribution in [0.25, 0.3) is 0 Å². The number of carbonyl (C=O) groups is 1. The van der Waals surface area contributed by atoms with E-state index in [1.807, 2.05) is 24.3 Å². The summed E-state index contributed by atoms with van der Waals surface area (Å²) in [5, 5.41) is 8.76. The van der Waals surface area contributed by atoms with Crippen molar-refractivity contribution in [2.45, 2.75) is 20.0 Å². The van der Waals surface area contributed by atoms with Gasteiger partial charge in [0.25, 0.3) is 0 Å². The fourth-order valence-corrected chi connectivity index (χ4v) is 1.40. The van der Waals surface area contributed by atoms with Crippen molar-refractivity contribution in [3.8, 4) is 0 Å². The maximum Gasteiger partial charge on any atom is 0.330 e. The van der Waals surface area contributed by atoms with Gasteiger partial charge in [0.1, 0.15) is 6.61 Å². The van der Waals surface area contributed by atoms with Gasteiger partial charge in [0.05, 0.1) is 6.26 Å². The average molecular weight is 232 g/mol. The Labute approximate surface area is 101 Å². The molecular weight excluding hydrogens is 216 g/mol. The minimum atomic E-state index is -0.884. The van der Waals surface area contributed by atoms with E-state index in [1.54, 1.807) is 13.0 Å². The minimum Gasteiger partial charge on any atom is -0.497 e. The third-order valence-corrected chi connectivity index (χ3v) is 2.44. The highest BCUT2D eigenvalue weighted by molar-refractivity contribution is 5.85. The average Bonchev–Trinajstić information content (AvgIpc) is 2.34. The Morgan fingerprint density at radius 3 is 2.65 bits per heavy atom. The van der Waals surface area contributed by atoms with Crippen LogP contribution in [0.3, 0.4) is 0 Å². The van der Waals surface area contributed by atoms with Crippen LogP contribution in [0.2, 0.25) is 0 Å². The number of ether oxygens (including phenoxy) is 1. The monoisotopic (exact) mass is 232 g/mol. The first-order chi connectivity index (χ1) is 8.15. The standard InChI is InChI=1S/C14H16O3/c1-3-17-10-13-7-5-4-6-12(13)9-8-11(2)14(15)16/h3-8H,1,9-10H2,2H3,(H,15,16). The Balaban J connectivity index is 2.79. The normalized spacial score (nSPS) is 11.0. The lowest BCUT2D eigenvalue weighted by atomic mass is 10.0. The number of rotatable bonds is 6. The van der Waals surface area contributed by atoms with Gasteiger partial charge in [0.15, 0.2) is 0 Å². The van der Waals surface area contributed by atoms with Crippen molar-refractivity contribution in [2.24, 2.45) is 0 Å². The molecule has 3 nitrogen and oxygen atoms in total. The molecule has 1 aromatic carbocycles. The summed E-state index contributed by atoms with van der Waals surface area (Å²) in [6, 6.07) is 7.78. The lowest BCUT2D eigenvalue weighted by Gasteiger charge is -2.07. The van der Waals surface area contributed by atoms with Gasteiger partial charge in [-0.2, -0.15) is 0 Å². The molecule has 0 spiro atoms. The maximum atomic E-state index is 10.7. The molecule has 0 saturated heterocycles. The number of benzene rings is 1. The number of aliphatic carboxylic acids is 1. The van der Waals surface area contributed by atoms with Gasteiger partial charge >= 0.3 is 5.97 Å². The van der Waals surface area contributed by atoms with Crippen molar-refractivity contribution < 1.29 is 14.6 Å². The number of allylic oxidation sites excluding steroid dienone is 1. The molecule has 0 amide bonds. The van der Waals surface area contributed by atoms with Crippen LogP contribution in [0.4, 0.5) is 0 Å². The van der Waals surface area contributed by atoms with Gasteiger partial charge in [-0.3, -0.25) is 0 Å². The summed E-state index contributed by atoms with van der Waals surface area (Å²) in [5.74, 6) is -0.884. The van der Waals surface area contributed by atoms with E-state index >= 15 is 0 Å². The quantitative estimate of drug-likeness (QED) is 0.606. The summed E-state index contributed by atoms with van der Waals surface area (Å²) >= 11 is 0. The van der Waals surface area contributed by atoms with Crippen molar-refractivity contribution in [3.63, 3.8) is 0 Å². The van der Waals surface area contributed by atoms with Gasteiger partial charge in [0, 0.05) is 5.57 Å². The molecule has 0 saturated carbocycles. The van der Waals surface area contributed by atoms with Crippen molar-refractivity contribution in [3.05, 3.63) is 59.9 Å². The predicted molar refractivity (Wildman–Crippen MR) is 66.5 cm³/mol. The first-order valence-electron chi connectivity index (χ1n) is 5.34. The van der Waals surface area contributed by atoms with Crippen molar-refractivity contribution in [2.75, 3.05) is 0 Å². The number of carboxylic acids is 1. The van der Waals surface area contributed by atoms with E-state index < -0.39 is 5.97 Å². The highest BCUT2D eigenvalue weighted by Crippen LogP contribution is 2.12. The molecule has 0 aliphatic rings. The first-order valence-corrected chi connectivity index (χ1v) is 5.34. The number of hydrogen-bond donors (Lipinski definition) is 1. The van der Waals surface area contributed by atoms with E-state index in [0.717, 1.165) is 11.1 Å². The Kier molecular flexibility index (Phi) is 5.01. The van der Waals surface area contributed by atoms with E-state index in [-0.39, 0.29) is 0 Å². The second-order valence-electron chi connectivity index (χ2n) is 3.64. The van der Waals surface area contributed by atoms with E-state index in [2.05, 4.69) is 6.58 Å². The van der Waals surface area contributed by atoms with Crippen LogP contribution < -0.4 is 0 Å². The Morgan fingerprint density at radius 1 is 1.41 bits per heavy atom. The molecule has 1 rings (SSSR count). The van der Waals surface area contributed by atoms with Crippen LogP contribution in [0, 0.1) is 0 Å². The van der Waals surface area contributed by atoms with Gasteiger partial charge in [-0.15, -0.1) is 0 Å². The minimum absolute atomic E-state index is 0.351. The molecule has 0 aliphatic carbocycles. The Morgan fingerprint density at radius 2 is 2.06 bits per heavy atom. The summed E-state index contributed by atoms with van der Waals surface area (Å²) in [7, 11) is 0. The highest BCUT2D eigenvalue weighted by Gasteiger charge is 2.02. The fraction of sp³-hybridized carbons (Fsp3) is 0.214. The van der Waals surface area contributed by atoms with Gasteiger partial charge in [-0.05, 0) is 24.5 Å². The molecule has 17 heavy (non-hydrogen) atoms. The highest BCUT2D eigenvalue weighted by atomic mass is 16.5. The third-order valence-electron chi connectivity index (χ3n) is 2.44. The van der Waals surface area contributed by atoms with Crippen molar-refractivity contribution >= 4 is 5.97 Å². The largest absolute Gasteiger partial charge is 0.497 e. The molecule has 90 valence electrons. The summed E-state index contributed by atoms with van der Waals surface area (Å²) in [6.45, 7) is 5.54. The molecule has 0 bridgehead atoms. The zero-order valence-electron chi connectivity index (χ0n) is 9.85. The Bertz CT molecular complexity index is 433. The van der Waals surface area contributed by atoms with Gasteiger partial charge in [-0.1, -0.05) is 36.9 Å². The molecule has 0 radical (unpaired) electrons. The molecule has 1 aromatic rings. The van der Waals surface area contributed by atoms with Crippen LogP contribution in [-0.4, -0.2) is 11.1 Å². The first kappa shape index (κ1) is 13.0. The molecule has 0 aliphatic heterocycles. The number of carboxylic acid groups (broad SMARTS) is 1. The van der Waals surface area contributed by atoms with E-state index in [4.69, 9.17) is 9.84 Å². The van der Waals surface area contributed by atoms with Crippen LogP contribution in [0.5, 0.6) is 0 Å². The number of hydrogen-bond acceptors (Lipinski definition) is 2. The van der Waals surface area contributed by atoms with Gasteiger partial charge < -0.3 is 9.84 Å². The van der Waals surface area contributed by atoms with E-state index in [9.17, 15) is 4.79 Å². The Hall–Kier alpha value is -2.03. The van der Waals surface area contributed by atoms with Crippen LogP contribution in [-0.2, 0) is 22.6 Å². The van der Waals surface area contributed by atoms with Crippen LogP contribution in [0.15, 0.2) is 48.8 Å². The topological polar surface area (TPSA) is 46.5 Å². The van der Waals surface area contributed by atoms with Gasteiger partial charge in [0.2, 0.25) is 0 Å². The van der Waals surface area contributed by atoms with E-state index in [1.165, 1.54) is 6.26 Å². The van der Waals surface area contributed by atoms with Crippen molar-refractivity contribution in [1.82, 2.24) is 0 Å². The molecule has 0 aromatic heterocycles. The third kappa shape index (κ3) is 4.15. The summed E-state index contributed by atoms with van der Waals surface area (Å²) in [5.41, 5.74) is 2.46. The SMILES string of the molecule is C=COCc1ccccc1CC=C(C)C(=O)O. The lowest BCUT2D eigenvalue weighted by Crippen LogP contribution is -1.98. The maximum absolute atomic E-state index is 10.7. The molecule has 0 fully saturated rings. The molecule has 0 unspecified atom stereocenters. The molecule has 0 heterocycles. The molecule has 3 heteroatoms.